The highest BCUT2D eigenvalue weighted by molar-refractivity contribution is 7.91. The van der Waals surface area contributed by atoms with Crippen molar-refractivity contribution in [2.24, 2.45) is 0 Å². The Hall–Kier alpha value is -2.61. The first-order valence-electron chi connectivity index (χ1n) is 8.69. The molecule has 1 fully saturated rings. The Balaban J connectivity index is 1.62. The molecule has 1 aliphatic heterocycles. The number of ether oxygens (including phenoxy) is 1. The molecule has 2 heterocycles. The number of para-hydroxylation sites is 1. The topological polar surface area (TPSA) is 88.6 Å². The van der Waals surface area contributed by atoms with E-state index in [1.54, 1.807) is 19.2 Å². The Morgan fingerprint density at radius 1 is 1.30 bits per heavy atom. The van der Waals surface area contributed by atoms with Crippen LogP contribution < -0.4 is 15.0 Å². The van der Waals surface area contributed by atoms with Crippen LogP contribution in [0.1, 0.15) is 22.3 Å². The van der Waals surface area contributed by atoms with Crippen LogP contribution in [0.2, 0.25) is 0 Å². The number of rotatable bonds is 6. The fourth-order valence-corrected chi connectivity index (χ4v) is 4.90. The minimum absolute atomic E-state index is 0.0762. The molecule has 1 aromatic heterocycles. The summed E-state index contributed by atoms with van der Waals surface area (Å²) >= 11 is 0. The molecule has 27 heavy (non-hydrogen) atoms. The summed E-state index contributed by atoms with van der Waals surface area (Å²) < 4.78 is 28.6. The summed E-state index contributed by atoms with van der Waals surface area (Å²) in [7, 11) is 0.468. The van der Waals surface area contributed by atoms with E-state index in [-0.39, 0.29) is 23.5 Å². The number of aromatic nitrogens is 1. The number of anilines is 1. The molecule has 0 radical (unpaired) electrons. The number of hydrogen-bond acceptors (Lipinski definition) is 6. The Morgan fingerprint density at radius 2 is 2.07 bits per heavy atom. The summed E-state index contributed by atoms with van der Waals surface area (Å²) in [6.07, 6.45) is 2.11. The smallest absolute Gasteiger partial charge is 0.253 e. The van der Waals surface area contributed by atoms with Crippen molar-refractivity contribution >= 4 is 21.6 Å². The summed E-state index contributed by atoms with van der Waals surface area (Å²) in [5.74, 6) is 1.50. The highest BCUT2D eigenvalue weighted by atomic mass is 32.2. The minimum Gasteiger partial charge on any atom is -0.496 e. The van der Waals surface area contributed by atoms with Crippen LogP contribution in [0.4, 0.5) is 5.82 Å². The van der Waals surface area contributed by atoms with E-state index >= 15 is 0 Å². The maximum absolute atomic E-state index is 12.4. The van der Waals surface area contributed by atoms with Gasteiger partial charge in [0, 0.05) is 31.4 Å². The standard InChI is InChI=1S/C19H23N3O4S/c1-22(16-9-10-27(24,25)13-16)18-8-7-15(12-20-18)19(23)21-11-14-5-3-4-6-17(14)26-2/h3-8,12,16H,9-11,13H2,1-2H3,(H,21,23). The fraction of sp³-hybridized carbons (Fsp3) is 0.368. The van der Waals surface area contributed by atoms with E-state index in [0.717, 1.165) is 11.3 Å². The van der Waals surface area contributed by atoms with E-state index in [2.05, 4.69) is 10.3 Å². The van der Waals surface area contributed by atoms with Crippen molar-refractivity contribution in [2.75, 3.05) is 30.6 Å². The number of methoxy groups -OCH3 is 1. The normalized spacial score (nSPS) is 18.1. The summed E-state index contributed by atoms with van der Waals surface area (Å²) in [5.41, 5.74) is 1.33. The van der Waals surface area contributed by atoms with Crippen molar-refractivity contribution in [3.8, 4) is 5.75 Å². The van der Waals surface area contributed by atoms with Gasteiger partial charge in [-0.15, -0.1) is 0 Å². The van der Waals surface area contributed by atoms with Crippen molar-refractivity contribution in [1.29, 1.82) is 0 Å². The van der Waals surface area contributed by atoms with Crippen LogP contribution in [0.3, 0.4) is 0 Å². The van der Waals surface area contributed by atoms with Gasteiger partial charge in [-0.05, 0) is 24.6 Å². The number of benzene rings is 1. The van der Waals surface area contributed by atoms with Crippen LogP contribution in [0.5, 0.6) is 5.75 Å². The third-order valence-electron chi connectivity index (χ3n) is 4.76. The van der Waals surface area contributed by atoms with E-state index in [1.165, 1.54) is 6.20 Å². The second-order valence-electron chi connectivity index (χ2n) is 6.57. The zero-order valence-corrected chi connectivity index (χ0v) is 16.2. The summed E-state index contributed by atoms with van der Waals surface area (Å²) in [6, 6.07) is 10.9. The molecule has 2 aromatic rings. The molecule has 0 aliphatic carbocycles. The summed E-state index contributed by atoms with van der Waals surface area (Å²) in [6.45, 7) is 0.352. The molecule has 1 aromatic carbocycles. The number of sulfone groups is 1. The van der Waals surface area contributed by atoms with E-state index in [1.807, 2.05) is 36.2 Å². The molecule has 0 saturated carbocycles. The SMILES string of the molecule is COc1ccccc1CNC(=O)c1ccc(N(C)C2CCS(=O)(=O)C2)nc1. The third kappa shape index (κ3) is 4.57. The lowest BCUT2D eigenvalue weighted by atomic mass is 10.2. The molecule has 1 atom stereocenters. The lowest BCUT2D eigenvalue weighted by Crippen LogP contribution is -2.33. The molecule has 1 amide bonds. The van der Waals surface area contributed by atoms with Gasteiger partial charge in [-0.1, -0.05) is 18.2 Å². The molecule has 1 aliphatic rings. The van der Waals surface area contributed by atoms with Gasteiger partial charge in [0.15, 0.2) is 9.84 Å². The summed E-state index contributed by atoms with van der Waals surface area (Å²) in [4.78, 5) is 18.5. The Bertz CT molecular complexity index is 913. The van der Waals surface area contributed by atoms with Crippen LogP contribution in [0.25, 0.3) is 0 Å². The first-order valence-corrected chi connectivity index (χ1v) is 10.5. The van der Waals surface area contributed by atoms with Crippen molar-refractivity contribution in [3.63, 3.8) is 0 Å². The number of pyridine rings is 1. The lowest BCUT2D eigenvalue weighted by molar-refractivity contribution is 0.0950. The van der Waals surface area contributed by atoms with Crippen molar-refractivity contribution in [3.05, 3.63) is 53.7 Å². The number of carbonyl (C=O) groups is 1. The van der Waals surface area contributed by atoms with E-state index in [9.17, 15) is 13.2 Å². The molecule has 1 unspecified atom stereocenters. The monoisotopic (exact) mass is 389 g/mol. The van der Waals surface area contributed by atoms with Gasteiger partial charge in [0.1, 0.15) is 11.6 Å². The fourth-order valence-electron chi connectivity index (χ4n) is 3.12. The third-order valence-corrected chi connectivity index (χ3v) is 6.51. The van der Waals surface area contributed by atoms with Crippen molar-refractivity contribution < 1.29 is 17.9 Å². The van der Waals surface area contributed by atoms with Gasteiger partial charge in [-0.25, -0.2) is 13.4 Å². The zero-order valence-electron chi connectivity index (χ0n) is 15.4. The van der Waals surface area contributed by atoms with Crippen LogP contribution >= 0.6 is 0 Å². The lowest BCUT2D eigenvalue weighted by Gasteiger charge is -2.24. The van der Waals surface area contributed by atoms with Crippen LogP contribution in [-0.4, -0.2) is 51.0 Å². The van der Waals surface area contributed by atoms with Gasteiger partial charge in [-0.2, -0.15) is 0 Å². The zero-order chi connectivity index (χ0) is 19.4. The molecule has 7 nitrogen and oxygen atoms in total. The van der Waals surface area contributed by atoms with Crippen LogP contribution in [0, 0.1) is 0 Å². The van der Waals surface area contributed by atoms with Crippen LogP contribution in [-0.2, 0) is 16.4 Å². The molecule has 0 spiro atoms. The Kier molecular flexibility index (Phi) is 5.65. The van der Waals surface area contributed by atoms with E-state index in [0.29, 0.717) is 24.3 Å². The minimum atomic E-state index is -2.95. The highest BCUT2D eigenvalue weighted by Crippen LogP contribution is 2.21. The van der Waals surface area contributed by atoms with E-state index < -0.39 is 9.84 Å². The molecule has 1 N–H and O–H groups in total. The summed E-state index contributed by atoms with van der Waals surface area (Å²) in [5, 5.41) is 2.85. The van der Waals surface area contributed by atoms with Gasteiger partial charge in [0.25, 0.3) is 5.91 Å². The number of nitrogens with one attached hydrogen (secondary N) is 1. The van der Waals surface area contributed by atoms with Gasteiger partial charge in [0.05, 0.1) is 24.2 Å². The molecular weight excluding hydrogens is 366 g/mol. The second kappa shape index (κ2) is 7.96. The first kappa shape index (κ1) is 19.2. The average molecular weight is 389 g/mol. The largest absolute Gasteiger partial charge is 0.496 e. The molecule has 0 bridgehead atoms. The van der Waals surface area contributed by atoms with Gasteiger partial charge in [0.2, 0.25) is 0 Å². The van der Waals surface area contributed by atoms with Gasteiger partial charge >= 0.3 is 0 Å². The second-order valence-corrected chi connectivity index (χ2v) is 8.80. The predicted molar refractivity (Wildman–Crippen MR) is 104 cm³/mol. The number of amides is 1. The van der Waals surface area contributed by atoms with Gasteiger partial charge < -0.3 is 15.0 Å². The molecule has 8 heteroatoms. The first-order chi connectivity index (χ1) is 12.9. The Labute approximate surface area is 159 Å². The van der Waals surface area contributed by atoms with E-state index in [4.69, 9.17) is 4.74 Å². The number of hydrogen-bond donors (Lipinski definition) is 1. The highest BCUT2D eigenvalue weighted by Gasteiger charge is 2.31. The number of nitrogens with zero attached hydrogens (tertiary/aromatic N) is 2. The molecular formula is C19H23N3O4S. The molecule has 3 rings (SSSR count). The van der Waals surface area contributed by atoms with Gasteiger partial charge in [-0.3, -0.25) is 4.79 Å². The average Bonchev–Trinajstić information content (AvgIpc) is 3.05. The maximum atomic E-state index is 12.4. The van der Waals surface area contributed by atoms with Crippen molar-refractivity contribution in [1.82, 2.24) is 10.3 Å². The maximum Gasteiger partial charge on any atom is 0.253 e. The Morgan fingerprint density at radius 3 is 2.70 bits per heavy atom. The van der Waals surface area contributed by atoms with Crippen molar-refractivity contribution in [2.45, 2.75) is 19.0 Å². The quantitative estimate of drug-likeness (QED) is 0.808. The molecule has 1 saturated heterocycles. The number of carbonyl (C=O) groups excluding carboxylic acids is 1. The van der Waals surface area contributed by atoms with Crippen LogP contribution in [0.15, 0.2) is 42.6 Å². The predicted octanol–water partition coefficient (Wildman–Crippen LogP) is 1.64. The molecule has 144 valence electrons.